The summed E-state index contributed by atoms with van der Waals surface area (Å²) in [6.07, 6.45) is 0.842. The summed E-state index contributed by atoms with van der Waals surface area (Å²) in [5.74, 6) is 4.96. The minimum absolute atomic E-state index is 0.0889. The van der Waals surface area contributed by atoms with Gasteiger partial charge in [0.1, 0.15) is 0 Å². The summed E-state index contributed by atoms with van der Waals surface area (Å²) in [4.78, 5) is 24.3. The van der Waals surface area contributed by atoms with Gasteiger partial charge in [-0.15, -0.1) is 0 Å². The van der Waals surface area contributed by atoms with Crippen LogP contribution in [0.5, 0.6) is 0 Å². The zero-order valence-corrected chi connectivity index (χ0v) is 8.09. The molecule has 2 aliphatic rings. The largest absolute Gasteiger partial charge is 0.355 e. The zero-order chi connectivity index (χ0) is 10.2. The monoisotopic (exact) mass is 192 g/mol. The van der Waals surface area contributed by atoms with Gasteiger partial charge in [-0.3, -0.25) is 9.59 Å². The number of hydrogen-bond acceptors (Lipinski definition) is 2. The van der Waals surface area contributed by atoms with E-state index >= 15 is 0 Å². The molecule has 2 rings (SSSR count). The fourth-order valence-corrected chi connectivity index (χ4v) is 2.03. The maximum atomic E-state index is 11.4. The Morgan fingerprint density at radius 2 is 2.29 bits per heavy atom. The minimum Gasteiger partial charge on any atom is -0.355 e. The summed E-state index contributed by atoms with van der Waals surface area (Å²) in [5, 5.41) is 2.79. The Bertz CT molecular complexity index is 345. The number of nitrogens with zero attached hydrogens (tertiary/aromatic N) is 1. The lowest BCUT2D eigenvalue weighted by Gasteiger charge is -2.44. The zero-order valence-electron chi connectivity index (χ0n) is 8.09. The van der Waals surface area contributed by atoms with Crippen LogP contribution in [0.25, 0.3) is 0 Å². The predicted molar refractivity (Wildman–Crippen MR) is 50.1 cm³/mol. The van der Waals surface area contributed by atoms with Crippen molar-refractivity contribution in [2.24, 2.45) is 5.41 Å². The maximum Gasteiger partial charge on any atom is 0.298 e. The quantitative estimate of drug-likeness (QED) is 0.519. The molecule has 0 radical (unpaired) electrons. The van der Waals surface area contributed by atoms with E-state index in [1.807, 2.05) is 0 Å². The Morgan fingerprint density at radius 1 is 1.57 bits per heavy atom. The molecule has 2 amide bonds. The number of nitrogens with one attached hydrogen (secondary N) is 1. The van der Waals surface area contributed by atoms with E-state index in [-0.39, 0.29) is 17.2 Å². The van der Waals surface area contributed by atoms with E-state index in [0.29, 0.717) is 13.1 Å². The van der Waals surface area contributed by atoms with E-state index in [1.54, 1.807) is 11.8 Å². The van der Waals surface area contributed by atoms with E-state index in [1.165, 1.54) is 0 Å². The smallest absolute Gasteiger partial charge is 0.298 e. The van der Waals surface area contributed by atoms with Crippen LogP contribution in [0.1, 0.15) is 13.3 Å². The second-order valence-electron chi connectivity index (χ2n) is 3.82. The molecule has 0 saturated carbocycles. The van der Waals surface area contributed by atoms with Gasteiger partial charge in [0.25, 0.3) is 5.91 Å². The topological polar surface area (TPSA) is 49.4 Å². The van der Waals surface area contributed by atoms with E-state index in [2.05, 4.69) is 17.2 Å². The van der Waals surface area contributed by atoms with Crippen molar-refractivity contribution in [3.05, 3.63) is 0 Å². The van der Waals surface area contributed by atoms with Crippen LogP contribution in [0.4, 0.5) is 0 Å². The van der Waals surface area contributed by atoms with Crippen molar-refractivity contribution < 1.29 is 9.59 Å². The van der Waals surface area contributed by atoms with Crippen LogP contribution in [-0.4, -0.2) is 36.3 Å². The van der Waals surface area contributed by atoms with Gasteiger partial charge in [-0.05, 0) is 19.3 Å². The molecule has 4 heteroatoms. The molecule has 14 heavy (non-hydrogen) atoms. The van der Waals surface area contributed by atoms with Crippen molar-refractivity contribution >= 4 is 11.8 Å². The third-order valence-electron chi connectivity index (χ3n) is 2.88. The Labute approximate surface area is 82.6 Å². The summed E-state index contributed by atoms with van der Waals surface area (Å²) in [7, 11) is 0. The minimum atomic E-state index is -0.287. The van der Waals surface area contributed by atoms with E-state index in [9.17, 15) is 9.59 Å². The molecule has 2 fully saturated rings. The summed E-state index contributed by atoms with van der Waals surface area (Å²) < 4.78 is 0. The van der Waals surface area contributed by atoms with Crippen molar-refractivity contribution in [2.45, 2.75) is 13.3 Å². The molecular formula is C10H12N2O2. The highest BCUT2D eigenvalue weighted by atomic mass is 16.2. The number of amides is 2. The second kappa shape index (κ2) is 3.02. The third kappa shape index (κ3) is 1.17. The molecule has 0 aromatic heterocycles. The molecule has 0 aromatic carbocycles. The van der Waals surface area contributed by atoms with Crippen LogP contribution < -0.4 is 5.32 Å². The number of hydrogen-bond donors (Lipinski definition) is 1. The molecule has 1 spiro atoms. The van der Waals surface area contributed by atoms with E-state index < -0.39 is 0 Å². The fraction of sp³-hybridized carbons (Fsp3) is 0.600. The molecule has 2 heterocycles. The van der Waals surface area contributed by atoms with Crippen LogP contribution >= 0.6 is 0 Å². The van der Waals surface area contributed by atoms with Crippen molar-refractivity contribution in [1.82, 2.24) is 10.2 Å². The summed E-state index contributed by atoms with van der Waals surface area (Å²) in [5.41, 5.74) is -0.287. The number of likely N-dealkylation sites (tertiary alicyclic amines) is 1. The van der Waals surface area contributed by atoms with Crippen molar-refractivity contribution in [2.75, 3.05) is 19.6 Å². The molecule has 0 unspecified atom stereocenters. The van der Waals surface area contributed by atoms with Gasteiger partial charge >= 0.3 is 0 Å². The van der Waals surface area contributed by atoms with Gasteiger partial charge in [-0.1, -0.05) is 5.92 Å². The average Bonchev–Trinajstić information content (AvgIpc) is 2.44. The summed E-state index contributed by atoms with van der Waals surface area (Å²) in [6.45, 7) is 3.44. The highest BCUT2D eigenvalue weighted by molar-refractivity contribution is 5.96. The van der Waals surface area contributed by atoms with Gasteiger partial charge in [0.2, 0.25) is 5.91 Å². The molecular weight excluding hydrogens is 180 g/mol. The lowest BCUT2D eigenvalue weighted by molar-refractivity contribution is -0.146. The van der Waals surface area contributed by atoms with Gasteiger partial charge < -0.3 is 10.2 Å². The maximum absolute atomic E-state index is 11.4. The first kappa shape index (κ1) is 9.07. The number of carbonyl (C=O) groups is 2. The number of carbonyl (C=O) groups excluding carboxylic acids is 2. The molecule has 0 aliphatic carbocycles. The lowest BCUT2D eigenvalue weighted by atomic mass is 9.78. The van der Waals surface area contributed by atoms with E-state index in [0.717, 1.165) is 13.0 Å². The van der Waals surface area contributed by atoms with Crippen LogP contribution in [0.15, 0.2) is 0 Å². The molecule has 2 aliphatic heterocycles. The molecule has 74 valence electrons. The highest BCUT2D eigenvalue weighted by Crippen LogP contribution is 2.36. The normalized spacial score (nSPS) is 22.4. The van der Waals surface area contributed by atoms with Crippen LogP contribution in [0.2, 0.25) is 0 Å². The van der Waals surface area contributed by atoms with Crippen LogP contribution in [-0.2, 0) is 9.59 Å². The molecule has 2 saturated heterocycles. The van der Waals surface area contributed by atoms with Crippen molar-refractivity contribution in [1.29, 1.82) is 0 Å². The van der Waals surface area contributed by atoms with Crippen molar-refractivity contribution in [3.8, 4) is 11.8 Å². The average molecular weight is 192 g/mol. The van der Waals surface area contributed by atoms with Crippen molar-refractivity contribution in [3.63, 3.8) is 0 Å². The third-order valence-corrected chi connectivity index (χ3v) is 2.88. The van der Waals surface area contributed by atoms with Gasteiger partial charge in [0.15, 0.2) is 0 Å². The van der Waals surface area contributed by atoms with Gasteiger partial charge in [0.05, 0.1) is 5.41 Å². The summed E-state index contributed by atoms with van der Waals surface area (Å²) >= 11 is 0. The Balaban J connectivity index is 1.98. The Morgan fingerprint density at radius 3 is 2.79 bits per heavy atom. The molecule has 0 atom stereocenters. The first-order chi connectivity index (χ1) is 6.68. The fourth-order valence-electron chi connectivity index (χ4n) is 2.03. The first-order valence-corrected chi connectivity index (χ1v) is 4.68. The number of rotatable bonds is 0. The lowest BCUT2D eigenvalue weighted by Crippen LogP contribution is -2.61. The Hall–Kier alpha value is -1.50. The standard InChI is InChI=1S/C10H12N2O2/c1-2-3-8(13)12-6-10(7-12)4-5-11-9(10)14/h4-7H2,1H3,(H,11,14). The van der Waals surface area contributed by atoms with Crippen LogP contribution in [0.3, 0.4) is 0 Å². The second-order valence-corrected chi connectivity index (χ2v) is 3.82. The SMILES string of the molecule is CC#CC(=O)N1CC2(CCNC2=O)C1. The molecule has 1 N–H and O–H groups in total. The predicted octanol–water partition coefficient (Wildman–Crippen LogP) is -0.642. The van der Waals surface area contributed by atoms with Gasteiger partial charge in [-0.25, -0.2) is 0 Å². The summed E-state index contributed by atoms with van der Waals surface area (Å²) in [6, 6.07) is 0. The molecule has 0 bridgehead atoms. The molecule has 4 nitrogen and oxygen atoms in total. The first-order valence-electron chi connectivity index (χ1n) is 4.68. The van der Waals surface area contributed by atoms with Gasteiger partial charge in [-0.2, -0.15) is 0 Å². The Kier molecular flexibility index (Phi) is 1.95. The van der Waals surface area contributed by atoms with Crippen LogP contribution in [0, 0.1) is 17.3 Å². The van der Waals surface area contributed by atoms with E-state index in [4.69, 9.17) is 0 Å². The molecule has 0 aromatic rings. The highest BCUT2D eigenvalue weighted by Gasteiger charge is 2.52. The van der Waals surface area contributed by atoms with Gasteiger partial charge in [0, 0.05) is 19.6 Å².